The summed E-state index contributed by atoms with van der Waals surface area (Å²) in [6.45, 7) is 4.55. The second-order valence-corrected chi connectivity index (χ2v) is 7.38. The number of hydrogen-bond donors (Lipinski definition) is 4. The van der Waals surface area contributed by atoms with E-state index in [-0.39, 0.29) is 23.8 Å². The number of aromatic nitrogens is 3. The highest BCUT2D eigenvalue weighted by molar-refractivity contribution is 5.84. The molecular formula is C20H25FN6O. The fourth-order valence-corrected chi connectivity index (χ4v) is 4.02. The smallest absolute Gasteiger partial charge is 0.238 e. The number of hydrogen-bond acceptors (Lipinski definition) is 4. The van der Waals surface area contributed by atoms with Crippen LogP contribution in [0.2, 0.25) is 0 Å². The molecule has 0 spiro atoms. The summed E-state index contributed by atoms with van der Waals surface area (Å²) >= 11 is 0. The normalized spacial score (nSPS) is 19.4. The van der Waals surface area contributed by atoms with E-state index in [9.17, 15) is 9.18 Å². The zero-order valence-electron chi connectivity index (χ0n) is 16.3. The Morgan fingerprint density at radius 1 is 1.36 bits per heavy atom. The molecule has 28 heavy (non-hydrogen) atoms. The van der Waals surface area contributed by atoms with Crippen molar-refractivity contribution >= 4 is 16.8 Å². The number of carbonyl (C=O) groups excluding carboxylic acids is 1. The van der Waals surface area contributed by atoms with Crippen LogP contribution < -0.4 is 16.2 Å². The van der Waals surface area contributed by atoms with Crippen molar-refractivity contribution in [3.63, 3.8) is 0 Å². The molecule has 1 aromatic carbocycles. The first-order valence-corrected chi connectivity index (χ1v) is 9.48. The molecular weight excluding hydrogens is 359 g/mol. The fourth-order valence-electron chi connectivity index (χ4n) is 4.02. The Morgan fingerprint density at radius 3 is 2.93 bits per heavy atom. The lowest BCUT2D eigenvalue weighted by atomic mass is 10.00. The summed E-state index contributed by atoms with van der Waals surface area (Å²) in [6, 6.07) is 4.47. The number of hydrazine groups is 1. The van der Waals surface area contributed by atoms with E-state index in [1.54, 1.807) is 6.07 Å². The lowest BCUT2D eigenvalue weighted by molar-refractivity contribution is -0.122. The van der Waals surface area contributed by atoms with Crippen molar-refractivity contribution in [1.82, 2.24) is 30.9 Å². The van der Waals surface area contributed by atoms with Gasteiger partial charge in [0.15, 0.2) is 0 Å². The van der Waals surface area contributed by atoms with Gasteiger partial charge in [0.1, 0.15) is 11.9 Å². The van der Waals surface area contributed by atoms with Crippen LogP contribution in [0.15, 0.2) is 24.4 Å². The van der Waals surface area contributed by atoms with Crippen LogP contribution in [0.4, 0.5) is 4.39 Å². The quantitative estimate of drug-likeness (QED) is 0.541. The van der Waals surface area contributed by atoms with Gasteiger partial charge < -0.3 is 10.3 Å². The monoisotopic (exact) mass is 384 g/mol. The summed E-state index contributed by atoms with van der Waals surface area (Å²) in [5.74, 6) is -0.289. The molecule has 1 saturated heterocycles. The van der Waals surface area contributed by atoms with Crippen molar-refractivity contribution in [2.45, 2.75) is 38.8 Å². The number of carbonyl (C=O) groups is 1. The molecule has 0 aliphatic carbocycles. The molecule has 0 bridgehead atoms. The Kier molecular flexibility index (Phi) is 4.91. The minimum atomic E-state index is -0.291. The molecule has 2 atom stereocenters. The molecule has 148 valence electrons. The van der Waals surface area contributed by atoms with Gasteiger partial charge in [-0.3, -0.25) is 9.48 Å². The molecule has 4 N–H and O–H groups in total. The van der Waals surface area contributed by atoms with Gasteiger partial charge in [0.2, 0.25) is 5.91 Å². The minimum absolute atomic E-state index is 0.0277. The number of aromatic amines is 1. The third kappa shape index (κ3) is 3.41. The van der Waals surface area contributed by atoms with Crippen LogP contribution in [-0.2, 0) is 18.3 Å². The van der Waals surface area contributed by atoms with E-state index in [0.29, 0.717) is 19.4 Å². The predicted molar refractivity (Wildman–Crippen MR) is 105 cm³/mol. The van der Waals surface area contributed by atoms with Gasteiger partial charge in [-0.25, -0.2) is 15.2 Å². The highest BCUT2D eigenvalue weighted by Crippen LogP contribution is 2.27. The van der Waals surface area contributed by atoms with Crippen molar-refractivity contribution in [2.75, 3.05) is 6.54 Å². The van der Waals surface area contributed by atoms with E-state index in [1.165, 1.54) is 12.1 Å². The number of rotatable bonds is 5. The third-order valence-corrected chi connectivity index (χ3v) is 5.56. The minimum Gasteiger partial charge on any atom is -0.361 e. The molecule has 3 heterocycles. The SMILES string of the molecule is Cc1nn(C)c(C)c1C1CC(C(=O)NCCc2c[nH]c3cc(F)ccc23)NN1. The highest BCUT2D eigenvalue weighted by Gasteiger charge is 2.32. The van der Waals surface area contributed by atoms with Gasteiger partial charge in [-0.2, -0.15) is 5.10 Å². The molecule has 8 heteroatoms. The number of aryl methyl sites for hydroxylation is 2. The summed E-state index contributed by atoms with van der Waals surface area (Å²) in [5, 5.41) is 8.44. The zero-order valence-corrected chi connectivity index (χ0v) is 16.3. The van der Waals surface area contributed by atoms with Crippen LogP contribution in [0, 0.1) is 19.7 Å². The fraction of sp³-hybridized carbons (Fsp3) is 0.400. The van der Waals surface area contributed by atoms with Crippen molar-refractivity contribution in [2.24, 2.45) is 7.05 Å². The zero-order chi connectivity index (χ0) is 19.8. The standard InChI is InChI=1S/C20H25FN6O/c1-11-19(12(2)27(3)26-11)17-9-18(25-24-17)20(28)22-7-6-13-10-23-16-8-14(21)4-5-15(13)16/h4-5,8,10,17-18,23-25H,6-7,9H2,1-3H3,(H,22,28). The summed E-state index contributed by atoms with van der Waals surface area (Å²) in [7, 11) is 1.93. The van der Waals surface area contributed by atoms with Crippen LogP contribution in [0.5, 0.6) is 0 Å². The van der Waals surface area contributed by atoms with Crippen molar-refractivity contribution in [3.05, 3.63) is 52.7 Å². The van der Waals surface area contributed by atoms with Gasteiger partial charge >= 0.3 is 0 Å². The summed E-state index contributed by atoms with van der Waals surface area (Å²) in [6.07, 6.45) is 3.23. The van der Waals surface area contributed by atoms with Crippen LogP contribution >= 0.6 is 0 Å². The lowest BCUT2D eigenvalue weighted by Crippen LogP contribution is -2.43. The van der Waals surface area contributed by atoms with E-state index < -0.39 is 0 Å². The van der Waals surface area contributed by atoms with Crippen LogP contribution in [0.1, 0.15) is 35.0 Å². The number of benzene rings is 1. The van der Waals surface area contributed by atoms with E-state index in [4.69, 9.17) is 0 Å². The van der Waals surface area contributed by atoms with Gasteiger partial charge in [0, 0.05) is 41.9 Å². The molecule has 2 unspecified atom stereocenters. The van der Waals surface area contributed by atoms with Crippen molar-refractivity contribution in [1.29, 1.82) is 0 Å². The molecule has 7 nitrogen and oxygen atoms in total. The molecule has 1 aliphatic rings. The van der Waals surface area contributed by atoms with Gasteiger partial charge in [-0.1, -0.05) is 0 Å². The molecule has 1 fully saturated rings. The number of nitrogens with zero attached hydrogens (tertiary/aromatic N) is 2. The lowest BCUT2D eigenvalue weighted by Gasteiger charge is -2.11. The molecule has 3 aromatic rings. The summed E-state index contributed by atoms with van der Waals surface area (Å²) in [5.41, 5.74) is 11.4. The van der Waals surface area contributed by atoms with Gasteiger partial charge in [0.05, 0.1) is 11.7 Å². The number of H-pyrrole nitrogens is 1. The Balaban J connectivity index is 1.33. The second-order valence-electron chi connectivity index (χ2n) is 7.38. The average Bonchev–Trinajstić information content (AvgIpc) is 3.34. The Morgan fingerprint density at radius 2 is 2.18 bits per heavy atom. The van der Waals surface area contributed by atoms with Crippen molar-refractivity contribution in [3.8, 4) is 0 Å². The van der Waals surface area contributed by atoms with Crippen LogP contribution in [0.25, 0.3) is 10.9 Å². The number of halogens is 1. The Labute approximate surface area is 162 Å². The van der Waals surface area contributed by atoms with E-state index >= 15 is 0 Å². The van der Waals surface area contributed by atoms with Gasteiger partial charge in [-0.15, -0.1) is 0 Å². The molecule has 2 aromatic heterocycles. The number of fused-ring (bicyclic) bond motifs is 1. The summed E-state index contributed by atoms with van der Waals surface area (Å²) < 4.78 is 15.2. The highest BCUT2D eigenvalue weighted by atomic mass is 19.1. The molecule has 1 aliphatic heterocycles. The Bertz CT molecular complexity index is 1020. The second kappa shape index (κ2) is 7.37. The maximum Gasteiger partial charge on any atom is 0.238 e. The predicted octanol–water partition coefficient (Wildman–Crippen LogP) is 1.92. The van der Waals surface area contributed by atoms with Crippen molar-refractivity contribution < 1.29 is 9.18 Å². The first kappa shape index (κ1) is 18.6. The van der Waals surface area contributed by atoms with Gasteiger partial charge in [0.25, 0.3) is 0 Å². The molecule has 1 amide bonds. The topological polar surface area (TPSA) is 86.8 Å². The van der Waals surface area contributed by atoms with Crippen LogP contribution in [0.3, 0.4) is 0 Å². The van der Waals surface area contributed by atoms with E-state index in [0.717, 1.165) is 33.4 Å². The Hall–Kier alpha value is -2.71. The van der Waals surface area contributed by atoms with E-state index in [2.05, 4.69) is 26.3 Å². The van der Waals surface area contributed by atoms with Gasteiger partial charge in [-0.05, 0) is 50.5 Å². The average molecular weight is 384 g/mol. The first-order valence-electron chi connectivity index (χ1n) is 9.48. The summed E-state index contributed by atoms with van der Waals surface area (Å²) in [4.78, 5) is 15.6. The molecule has 4 rings (SSSR count). The molecule has 0 saturated carbocycles. The molecule has 0 radical (unpaired) electrons. The first-order chi connectivity index (χ1) is 13.4. The third-order valence-electron chi connectivity index (χ3n) is 5.56. The number of amides is 1. The largest absolute Gasteiger partial charge is 0.361 e. The maximum atomic E-state index is 13.3. The van der Waals surface area contributed by atoms with Crippen LogP contribution in [-0.4, -0.2) is 33.3 Å². The van der Waals surface area contributed by atoms with E-state index in [1.807, 2.05) is 31.8 Å². The maximum absolute atomic E-state index is 13.3. The number of nitrogens with one attached hydrogen (secondary N) is 4.